The second-order valence-electron chi connectivity index (χ2n) is 5.87. The molecule has 0 saturated heterocycles. The number of nitrogens with zero attached hydrogens (tertiary/aromatic N) is 2. The van der Waals surface area contributed by atoms with Crippen molar-refractivity contribution in [1.29, 1.82) is 0 Å². The first-order valence-corrected chi connectivity index (χ1v) is 8.46. The number of imidazole rings is 1. The third-order valence-electron chi connectivity index (χ3n) is 3.92. The zero-order valence-corrected chi connectivity index (χ0v) is 15.0. The Kier molecular flexibility index (Phi) is 5.21. The lowest BCUT2D eigenvalue weighted by atomic mass is 10.1. The van der Waals surface area contributed by atoms with E-state index >= 15 is 0 Å². The van der Waals surface area contributed by atoms with Crippen molar-refractivity contribution in [2.24, 2.45) is 0 Å². The summed E-state index contributed by atoms with van der Waals surface area (Å²) in [7, 11) is 0. The summed E-state index contributed by atoms with van der Waals surface area (Å²) >= 11 is 0. The van der Waals surface area contributed by atoms with Crippen molar-refractivity contribution in [3.63, 3.8) is 0 Å². The van der Waals surface area contributed by atoms with Crippen LogP contribution in [-0.4, -0.2) is 27.7 Å². The molecular formula is C20H19N3O4. The van der Waals surface area contributed by atoms with Gasteiger partial charge in [-0.05, 0) is 31.5 Å². The number of carbonyl (C=O) groups is 2. The van der Waals surface area contributed by atoms with Crippen LogP contribution in [0, 0.1) is 6.92 Å². The zero-order chi connectivity index (χ0) is 19.4. The number of benzene rings is 2. The van der Waals surface area contributed by atoms with Gasteiger partial charge in [-0.3, -0.25) is 9.36 Å². The molecule has 0 bridgehead atoms. The van der Waals surface area contributed by atoms with Crippen LogP contribution in [0.2, 0.25) is 0 Å². The van der Waals surface area contributed by atoms with E-state index in [1.807, 2.05) is 25.1 Å². The number of aryl methyl sites for hydroxylation is 1. The van der Waals surface area contributed by atoms with Gasteiger partial charge in [0.2, 0.25) is 5.78 Å². The van der Waals surface area contributed by atoms with Crippen molar-refractivity contribution in [3.05, 3.63) is 88.1 Å². The Hall–Kier alpha value is -3.61. The lowest BCUT2D eigenvalue weighted by molar-refractivity contribution is 0.103. The fourth-order valence-corrected chi connectivity index (χ4v) is 2.67. The van der Waals surface area contributed by atoms with Crippen molar-refractivity contribution < 1.29 is 14.3 Å². The standard InChI is InChI=1S/C20H19N3O4/c1-3-27-19(25)21-23-17(18(24)15-9-5-4-6-10-15)13-22(20(23)26)16-11-7-8-14(2)12-16/h4-13H,3H2,1-2H3,(H,21,25). The molecule has 1 heterocycles. The van der Waals surface area contributed by atoms with Gasteiger partial charge < -0.3 is 4.74 Å². The maximum atomic E-state index is 12.9. The molecule has 1 aromatic heterocycles. The largest absolute Gasteiger partial charge is 0.449 e. The molecule has 0 unspecified atom stereocenters. The van der Waals surface area contributed by atoms with Crippen LogP contribution in [0.4, 0.5) is 4.79 Å². The van der Waals surface area contributed by atoms with Gasteiger partial charge in [-0.1, -0.05) is 42.5 Å². The van der Waals surface area contributed by atoms with E-state index < -0.39 is 17.6 Å². The SMILES string of the molecule is CCOC(=O)Nn1c(C(=O)c2ccccc2)cn(-c2cccc(C)c2)c1=O. The van der Waals surface area contributed by atoms with Gasteiger partial charge in [0.25, 0.3) is 0 Å². The molecule has 0 saturated carbocycles. The first-order valence-electron chi connectivity index (χ1n) is 8.46. The van der Waals surface area contributed by atoms with Crippen molar-refractivity contribution >= 4 is 11.9 Å². The number of ether oxygens (including phenoxy) is 1. The lowest BCUT2D eigenvalue weighted by Crippen LogP contribution is -2.36. The van der Waals surface area contributed by atoms with Gasteiger partial charge in [-0.25, -0.2) is 15.0 Å². The van der Waals surface area contributed by atoms with Crippen molar-refractivity contribution in [1.82, 2.24) is 9.24 Å². The molecule has 3 rings (SSSR count). The highest BCUT2D eigenvalue weighted by molar-refractivity contribution is 6.08. The number of amides is 1. The van der Waals surface area contributed by atoms with Crippen LogP contribution in [0.25, 0.3) is 5.69 Å². The third kappa shape index (κ3) is 3.82. The second-order valence-corrected chi connectivity index (χ2v) is 5.87. The Morgan fingerprint density at radius 1 is 1.07 bits per heavy atom. The number of nitrogens with one attached hydrogen (secondary N) is 1. The zero-order valence-electron chi connectivity index (χ0n) is 15.0. The van der Waals surface area contributed by atoms with Gasteiger partial charge in [-0.15, -0.1) is 0 Å². The maximum Gasteiger partial charge on any atom is 0.426 e. The Morgan fingerprint density at radius 3 is 2.48 bits per heavy atom. The lowest BCUT2D eigenvalue weighted by Gasteiger charge is -2.08. The fourth-order valence-electron chi connectivity index (χ4n) is 2.67. The molecule has 7 heteroatoms. The van der Waals surface area contributed by atoms with Crippen LogP contribution >= 0.6 is 0 Å². The number of carbonyl (C=O) groups excluding carboxylic acids is 2. The summed E-state index contributed by atoms with van der Waals surface area (Å²) in [6, 6.07) is 15.8. The van der Waals surface area contributed by atoms with E-state index in [4.69, 9.17) is 4.74 Å². The Labute approximate surface area is 155 Å². The molecule has 1 N–H and O–H groups in total. The highest BCUT2D eigenvalue weighted by Gasteiger charge is 2.21. The minimum Gasteiger partial charge on any atom is -0.449 e. The minimum atomic E-state index is -0.816. The van der Waals surface area contributed by atoms with Gasteiger partial charge >= 0.3 is 11.8 Å². The van der Waals surface area contributed by atoms with E-state index in [1.54, 1.807) is 43.3 Å². The average Bonchev–Trinajstić information content (AvgIpc) is 2.98. The predicted octanol–water partition coefficient (Wildman–Crippen LogP) is 2.88. The molecule has 0 aliphatic rings. The molecule has 0 radical (unpaired) electrons. The van der Waals surface area contributed by atoms with E-state index in [-0.39, 0.29) is 12.3 Å². The molecule has 0 aliphatic carbocycles. The topological polar surface area (TPSA) is 82.3 Å². The molecule has 27 heavy (non-hydrogen) atoms. The van der Waals surface area contributed by atoms with Crippen LogP contribution < -0.4 is 11.1 Å². The van der Waals surface area contributed by atoms with E-state index in [2.05, 4.69) is 5.43 Å². The molecule has 2 aromatic carbocycles. The van der Waals surface area contributed by atoms with E-state index in [1.165, 1.54) is 10.8 Å². The predicted molar refractivity (Wildman–Crippen MR) is 101 cm³/mol. The molecule has 1 amide bonds. The monoisotopic (exact) mass is 365 g/mol. The Bertz CT molecular complexity index is 1030. The summed E-state index contributed by atoms with van der Waals surface area (Å²) in [6.45, 7) is 3.69. The number of rotatable bonds is 5. The molecule has 138 valence electrons. The molecule has 0 spiro atoms. The molecule has 3 aromatic rings. The van der Waals surface area contributed by atoms with Gasteiger partial charge in [-0.2, -0.15) is 4.68 Å². The minimum absolute atomic E-state index is 0.0285. The van der Waals surface area contributed by atoms with E-state index in [0.717, 1.165) is 10.2 Å². The number of ketones is 1. The summed E-state index contributed by atoms with van der Waals surface area (Å²) < 4.78 is 7.07. The summed E-state index contributed by atoms with van der Waals surface area (Å²) in [4.78, 5) is 37.6. The number of aromatic nitrogens is 2. The quantitative estimate of drug-likeness (QED) is 0.705. The highest BCUT2D eigenvalue weighted by atomic mass is 16.6. The van der Waals surface area contributed by atoms with Crippen molar-refractivity contribution in [3.8, 4) is 5.69 Å². The third-order valence-corrected chi connectivity index (χ3v) is 3.92. The first kappa shape index (κ1) is 18.2. The molecule has 7 nitrogen and oxygen atoms in total. The van der Waals surface area contributed by atoms with Crippen LogP contribution in [0.15, 0.2) is 65.6 Å². The summed E-state index contributed by atoms with van der Waals surface area (Å²) in [5.74, 6) is -0.393. The van der Waals surface area contributed by atoms with E-state index in [9.17, 15) is 14.4 Å². The summed E-state index contributed by atoms with van der Waals surface area (Å²) in [5, 5.41) is 0. The summed E-state index contributed by atoms with van der Waals surface area (Å²) in [5.41, 5.74) is 3.74. The van der Waals surface area contributed by atoms with Crippen LogP contribution in [-0.2, 0) is 4.74 Å². The van der Waals surface area contributed by atoms with Gasteiger partial charge in [0.1, 0.15) is 5.69 Å². The van der Waals surface area contributed by atoms with Crippen molar-refractivity contribution in [2.45, 2.75) is 13.8 Å². The highest BCUT2D eigenvalue weighted by Crippen LogP contribution is 2.13. The average molecular weight is 365 g/mol. The fraction of sp³-hybridized carbons (Fsp3) is 0.150. The smallest absolute Gasteiger partial charge is 0.426 e. The molecule has 0 atom stereocenters. The number of hydrogen-bond acceptors (Lipinski definition) is 4. The molecular weight excluding hydrogens is 346 g/mol. The molecule has 0 aliphatic heterocycles. The first-order chi connectivity index (χ1) is 13.0. The van der Waals surface area contributed by atoms with Crippen molar-refractivity contribution in [2.75, 3.05) is 12.0 Å². The van der Waals surface area contributed by atoms with Crippen LogP contribution in [0.1, 0.15) is 28.5 Å². The maximum absolute atomic E-state index is 12.9. The Balaban J connectivity index is 2.13. The van der Waals surface area contributed by atoms with E-state index in [0.29, 0.717) is 11.3 Å². The molecule has 0 fully saturated rings. The van der Waals surface area contributed by atoms with Gasteiger partial charge in [0.15, 0.2) is 0 Å². The number of hydrogen-bond donors (Lipinski definition) is 1. The summed E-state index contributed by atoms with van der Waals surface area (Å²) in [6.07, 6.45) is 0.599. The van der Waals surface area contributed by atoms with Gasteiger partial charge in [0, 0.05) is 11.8 Å². The van der Waals surface area contributed by atoms with Gasteiger partial charge in [0.05, 0.1) is 12.3 Å². The van der Waals surface area contributed by atoms with Crippen LogP contribution in [0.3, 0.4) is 0 Å². The van der Waals surface area contributed by atoms with Crippen LogP contribution in [0.5, 0.6) is 0 Å². The Morgan fingerprint density at radius 2 is 1.81 bits per heavy atom. The normalized spacial score (nSPS) is 10.4. The second kappa shape index (κ2) is 7.74.